The summed E-state index contributed by atoms with van der Waals surface area (Å²) in [7, 11) is 0. The number of benzene rings is 1. The van der Waals surface area contributed by atoms with Crippen LogP contribution >= 0.6 is 0 Å². The zero-order valence-electron chi connectivity index (χ0n) is 13.1. The molecule has 1 heterocycles. The fraction of sp³-hybridized carbons (Fsp3) is 0.294. The molecular formula is C17H16F4N2O. The Kier molecular flexibility index (Phi) is 4.91. The predicted molar refractivity (Wildman–Crippen MR) is 81.0 cm³/mol. The second kappa shape index (κ2) is 6.59. The van der Waals surface area contributed by atoms with Crippen LogP contribution in [0.2, 0.25) is 0 Å². The van der Waals surface area contributed by atoms with Gasteiger partial charge in [0.25, 0.3) is 5.91 Å². The van der Waals surface area contributed by atoms with Gasteiger partial charge in [-0.05, 0) is 17.7 Å². The van der Waals surface area contributed by atoms with E-state index in [1.165, 1.54) is 18.3 Å². The Morgan fingerprint density at radius 2 is 1.79 bits per heavy atom. The minimum atomic E-state index is -4.43. The molecule has 0 aliphatic rings. The van der Waals surface area contributed by atoms with Gasteiger partial charge in [0.2, 0.25) is 5.95 Å². The number of nitrogens with one attached hydrogen (secondary N) is 1. The molecule has 0 radical (unpaired) electrons. The maximum Gasteiger partial charge on any atom is 0.416 e. The van der Waals surface area contributed by atoms with Crippen molar-refractivity contribution in [3.63, 3.8) is 0 Å². The van der Waals surface area contributed by atoms with Crippen LogP contribution in [-0.4, -0.2) is 17.4 Å². The smallest absolute Gasteiger partial charge is 0.351 e. The third-order valence-corrected chi connectivity index (χ3v) is 3.65. The highest BCUT2D eigenvalue weighted by atomic mass is 19.4. The molecule has 3 nitrogen and oxygen atoms in total. The lowest BCUT2D eigenvalue weighted by Crippen LogP contribution is -2.36. The van der Waals surface area contributed by atoms with Gasteiger partial charge in [0, 0.05) is 29.8 Å². The van der Waals surface area contributed by atoms with Crippen LogP contribution in [0.15, 0.2) is 42.6 Å². The van der Waals surface area contributed by atoms with Gasteiger partial charge in [0.05, 0.1) is 5.56 Å². The summed E-state index contributed by atoms with van der Waals surface area (Å²) in [6.07, 6.45) is -3.26. The van der Waals surface area contributed by atoms with E-state index in [-0.39, 0.29) is 12.1 Å². The van der Waals surface area contributed by atoms with Crippen LogP contribution in [0.5, 0.6) is 0 Å². The normalized spacial score (nSPS) is 12.1. The molecule has 0 bridgehead atoms. The number of amides is 1. The Morgan fingerprint density at radius 3 is 2.42 bits per heavy atom. The van der Waals surface area contributed by atoms with Gasteiger partial charge in [-0.3, -0.25) is 4.79 Å². The molecule has 1 N–H and O–H groups in total. The van der Waals surface area contributed by atoms with E-state index >= 15 is 0 Å². The van der Waals surface area contributed by atoms with E-state index in [1.54, 1.807) is 19.9 Å². The molecule has 0 spiro atoms. The number of hydrogen-bond acceptors (Lipinski definition) is 2. The standard InChI is InChI=1S/C17H16F4N2O/c1-16(2,12-4-3-5-13(9-12)17(19,20)21)10-23-15(24)11-6-7-22-14(18)8-11/h3-9H,10H2,1-2H3,(H,23,24). The van der Waals surface area contributed by atoms with Gasteiger partial charge >= 0.3 is 6.18 Å². The molecule has 0 unspecified atom stereocenters. The van der Waals surface area contributed by atoms with Crippen LogP contribution in [0.1, 0.15) is 35.3 Å². The Bertz CT molecular complexity index is 741. The van der Waals surface area contributed by atoms with Crippen molar-refractivity contribution in [2.24, 2.45) is 0 Å². The first-order chi connectivity index (χ1) is 11.1. The van der Waals surface area contributed by atoms with Gasteiger partial charge in [-0.15, -0.1) is 0 Å². The summed E-state index contributed by atoms with van der Waals surface area (Å²) >= 11 is 0. The van der Waals surface area contributed by atoms with Gasteiger partial charge in [-0.2, -0.15) is 17.6 Å². The lowest BCUT2D eigenvalue weighted by atomic mass is 9.83. The molecule has 1 aromatic heterocycles. The highest BCUT2D eigenvalue weighted by molar-refractivity contribution is 5.94. The van der Waals surface area contributed by atoms with E-state index in [2.05, 4.69) is 10.3 Å². The molecule has 1 aromatic carbocycles. The molecule has 2 rings (SSSR count). The number of alkyl halides is 3. The third kappa shape index (κ3) is 4.31. The van der Waals surface area contributed by atoms with Crippen LogP contribution in [-0.2, 0) is 11.6 Å². The summed E-state index contributed by atoms with van der Waals surface area (Å²) in [4.78, 5) is 15.4. The number of pyridine rings is 1. The van der Waals surface area contributed by atoms with Crippen LogP contribution in [0.3, 0.4) is 0 Å². The van der Waals surface area contributed by atoms with Crippen molar-refractivity contribution in [1.29, 1.82) is 0 Å². The van der Waals surface area contributed by atoms with Crippen molar-refractivity contribution in [3.8, 4) is 0 Å². The Morgan fingerprint density at radius 1 is 1.12 bits per heavy atom. The van der Waals surface area contributed by atoms with E-state index in [4.69, 9.17) is 0 Å². The summed E-state index contributed by atoms with van der Waals surface area (Å²) in [5, 5.41) is 2.61. The highest BCUT2D eigenvalue weighted by Gasteiger charge is 2.32. The fourth-order valence-electron chi connectivity index (χ4n) is 2.17. The third-order valence-electron chi connectivity index (χ3n) is 3.65. The zero-order valence-corrected chi connectivity index (χ0v) is 13.1. The summed E-state index contributed by atoms with van der Waals surface area (Å²) < 4.78 is 51.5. The van der Waals surface area contributed by atoms with Gasteiger partial charge in [-0.1, -0.05) is 32.0 Å². The van der Waals surface area contributed by atoms with Crippen molar-refractivity contribution in [2.75, 3.05) is 6.54 Å². The predicted octanol–water partition coefficient (Wildman–Crippen LogP) is 3.95. The summed E-state index contributed by atoms with van der Waals surface area (Å²) in [6.45, 7) is 3.53. The van der Waals surface area contributed by atoms with Crippen LogP contribution in [0, 0.1) is 5.95 Å². The minimum Gasteiger partial charge on any atom is -0.351 e. The molecule has 0 aliphatic carbocycles. The van der Waals surface area contributed by atoms with E-state index in [9.17, 15) is 22.4 Å². The number of carbonyl (C=O) groups excluding carboxylic acids is 1. The summed E-state index contributed by atoms with van der Waals surface area (Å²) in [6, 6.07) is 7.33. The molecule has 0 saturated carbocycles. The lowest BCUT2D eigenvalue weighted by Gasteiger charge is -2.26. The number of halogens is 4. The number of nitrogens with zero attached hydrogens (tertiary/aromatic N) is 1. The maximum atomic E-state index is 13.0. The van der Waals surface area contributed by atoms with Crippen molar-refractivity contribution in [2.45, 2.75) is 25.4 Å². The summed E-state index contributed by atoms with van der Waals surface area (Å²) in [5.41, 5.74) is -0.931. The van der Waals surface area contributed by atoms with Crippen LogP contribution in [0.4, 0.5) is 17.6 Å². The Balaban J connectivity index is 2.12. The van der Waals surface area contributed by atoms with Gasteiger partial charge < -0.3 is 5.32 Å². The molecule has 0 aliphatic heterocycles. The largest absolute Gasteiger partial charge is 0.416 e. The highest BCUT2D eigenvalue weighted by Crippen LogP contribution is 2.32. The van der Waals surface area contributed by atoms with Crippen molar-refractivity contribution in [3.05, 3.63) is 65.2 Å². The topological polar surface area (TPSA) is 42.0 Å². The van der Waals surface area contributed by atoms with E-state index in [1.807, 2.05) is 0 Å². The van der Waals surface area contributed by atoms with E-state index < -0.39 is 29.0 Å². The molecule has 2 aromatic rings. The lowest BCUT2D eigenvalue weighted by molar-refractivity contribution is -0.137. The first-order valence-electron chi connectivity index (χ1n) is 7.17. The quantitative estimate of drug-likeness (QED) is 0.676. The maximum absolute atomic E-state index is 13.0. The Labute approximate surface area is 136 Å². The van der Waals surface area contributed by atoms with Gasteiger partial charge in [-0.25, -0.2) is 4.98 Å². The number of aromatic nitrogens is 1. The van der Waals surface area contributed by atoms with Crippen molar-refractivity contribution >= 4 is 5.91 Å². The molecule has 1 amide bonds. The van der Waals surface area contributed by atoms with E-state index in [0.29, 0.717) is 5.56 Å². The molecule has 0 atom stereocenters. The molecule has 128 valence electrons. The monoisotopic (exact) mass is 340 g/mol. The zero-order chi connectivity index (χ0) is 18.0. The summed E-state index contributed by atoms with van der Waals surface area (Å²) in [5.74, 6) is -1.30. The molecular weight excluding hydrogens is 324 g/mol. The SMILES string of the molecule is CC(C)(CNC(=O)c1ccnc(F)c1)c1cccc(C(F)(F)F)c1. The molecule has 0 fully saturated rings. The second-order valence-electron chi connectivity index (χ2n) is 6.01. The van der Waals surface area contributed by atoms with Gasteiger partial charge in [0.15, 0.2) is 0 Å². The number of carbonyl (C=O) groups is 1. The van der Waals surface area contributed by atoms with Crippen molar-refractivity contribution < 1.29 is 22.4 Å². The average molecular weight is 340 g/mol. The number of rotatable bonds is 4. The minimum absolute atomic E-state index is 0.0943. The van der Waals surface area contributed by atoms with Crippen LogP contribution < -0.4 is 5.32 Å². The average Bonchev–Trinajstić information content (AvgIpc) is 2.52. The second-order valence-corrected chi connectivity index (χ2v) is 6.01. The fourth-order valence-corrected chi connectivity index (χ4v) is 2.17. The Hall–Kier alpha value is -2.44. The van der Waals surface area contributed by atoms with Crippen molar-refractivity contribution in [1.82, 2.24) is 10.3 Å². The van der Waals surface area contributed by atoms with Gasteiger partial charge in [0.1, 0.15) is 0 Å². The van der Waals surface area contributed by atoms with Crippen LogP contribution in [0.25, 0.3) is 0 Å². The molecule has 0 saturated heterocycles. The molecule has 7 heteroatoms. The first kappa shape index (κ1) is 17.9. The number of hydrogen-bond donors (Lipinski definition) is 1. The van der Waals surface area contributed by atoms with E-state index in [0.717, 1.165) is 18.2 Å². The molecule has 24 heavy (non-hydrogen) atoms. The first-order valence-corrected chi connectivity index (χ1v) is 7.17.